The molecule has 0 unspecified atom stereocenters. The second-order valence-electron chi connectivity index (χ2n) is 7.81. The van der Waals surface area contributed by atoms with Gasteiger partial charge in [0.25, 0.3) is 5.91 Å². The van der Waals surface area contributed by atoms with Gasteiger partial charge in [-0.25, -0.2) is 4.79 Å². The fourth-order valence-electron chi connectivity index (χ4n) is 3.59. The maximum atomic E-state index is 13.3. The van der Waals surface area contributed by atoms with Crippen LogP contribution < -0.4 is 20.7 Å². The van der Waals surface area contributed by atoms with Gasteiger partial charge in [-0.3, -0.25) is 4.79 Å². The molecule has 0 saturated carbocycles. The Bertz CT molecular complexity index is 906. The number of hydrogen-bond acceptors (Lipinski definition) is 5. The molecule has 2 aromatic rings. The molecule has 0 aliphatic carbocycles. The molecule has 4 N–H and O–H groups in total. The number of aliphatic hydroxyl groups excluding tert-OH is 1. The molecule has 31 heavy (non-hydrogen) atoms. The molecule has 2 aromatic carbocycles. The number of likely N-dealkylation sites (N-methyl/N-ethyl adjacent to an activating group) is 1. The van der Waals surface area contributed by atoms with Crippen molar-refractivity contribution in [3.8, 4) is 5.75 Å². The molecule has 8 nitrogen and oxygen atoms in total. The molecule has 0 radical (unpaired) electrons. The van der Waals surface area contributed by atoms with Crippen molar-refractivity contribution in [3.63, 3.8) is 0 Å². The Hall–Kier alpha value is -3.10. The number of urea groups is 1. The van der Waals surface area contributed by atoms with E-state index in [4.69, 9.17) is 4.74 Å². The first-order valence-electron chi connectivity index (χ1n) is 10.4. The monoisotopic (exact) mass is 426 g/mol. The predicted octanol–water partition coefficient (Wildman–Crippen LogP) is 2.77. The third-order valence-electron chi connectivity index (χ3n) is 5.38. The quantitative estimate of drug-likeness (QED) is 0.569. The number of benzene rings is 2. The van der Waals surface area contributed by atoms with E-state index in [9.17, 15) is 14.7 Å². The first-order chi connectivity index (χ1) is 14.9. The number of para-hydroxylation sites is 2. The maximum absolute atomic E-state index is 13.3. The summed E-state index contributed by atoms with van der Waals surface area (Å²) >= 11 is 0. The molecule has 0 spiro atoms. The fourth-order valence-corrected chi connectivity index (χ4v) is 3.59. The molecular weight excluding hydrogens is 396 g/mol. The molecule has 8 heteroatoms. The number of nitrogens with zero attached hydrogens (tertiary/aromatic N) is 1. The molecule has 1 aliphatic rings. The van der Waals surface area contributed by atoms with E-state index in [-0.39, 0.29) is 30.6 Å². The minimum Gasteiger partial charge on any atom is -0.486 e. The van der Waals surface area contributed by atoms with E-state index in [0.29, 0.717) is 35.8 Å². The lowest BCUT2D eigenvalue weighted by molar-refractivity contribution is 0.0417. The van der Waals surface area contributed by atoms with E-state index < -0.39 is 6.03 Å². The Morgan fingerprint density at radius 2 is 1.94 bits per heavy atom. The zero-order valence-electron chi connectivity index (χ0n) is 18.1. The Morgan fingerprint density at radius 3 is 2.61 bits per heavy atom. The van der Waals surface area contributed by atoms with Crippen LogP contribution in [0.5, 0.6) is 5.75 Å². The summed E-state index contributed by atoms with van der Waals surface area (Å²) in [5.41, 5.74) is 1.41. The summed E-state index contributed by atoms with van der Waals surface area (Å²) in [7, 11) is 1.84. The summed E-state index contributed by atoms with van der Waals surface area (Å²) < 4.78 is 6.29. The minimum absolute atomic E-state index is 0.00440. The van der Waals surface area contributed by atoms with Crippen molar-refractivity contribution < 1.29 is 19.4 Å². The van der Waals surface area contributed by atoms with Gasteiger partial charge >= 0.3 is 6.03 Å². The van der Waals surface area contributed by atoms with Gasteiger partial charge in [0.15, 0.2) is 5.75 Å². The van der Waals surface area contributed by atoms with Crippen molar-refractivity contribution in [2.45, 2.75) is 26.0 Å². The number of rotatable bonds is 6. The summed E-state index contributed by atoms with van der Waals surface area (Å²) in [6, 6.07) is 13.4. The zero-order valence-corrected chi connectivity index (χ0v) is 18.1. The van der Waals surface area contributed by atoms with Crippen LogP contribution in [-0.2, 0) is 0 Å². The SMILES string of the molecule is CNC[C@@H]1Oc2c(NC(=O)Nc3ccccc3)cccc2C(=O)N([C@@H](C)CO)C[C@H]1C. The van der Waals surface area contributed by atoms with Crippen LogP contribution in [0.2, 0.25) is 0 Å². The van der Waals surface area contributed by atoms with Crippen LogP contribution in [0.25, 0.3) is 0 Å². The molecule has 3 amide bonds. The number of amides is 3. The first kappa shape index (κ1) is 22.6. The molecule has 3 atom stereocenters. The van der Waals surface area contributed by atoms with E-state index in [1.54, 1.807) is 35.2 Å². The fraction of sp³-hybridized carbons (Fsp3) is 0.391. The second-order valence-corrected chi connectivity index (χ2v) is 7.81. The molecule has 1 aliphatic heterocycles. The normalized spacial score (nSPS) is 19.5. The van der Waals surface area contributed by atoms with Crippen LogP contribution in [-0.4, -0.2) is 60.8 Å². The van der Waals surface area contributed by atoms with Gasteiger partial charge in [0.1, 0.15) is 6.10 Å². The summed E-state index contributed by atoms with van der Waals surface area (Å²) in [5, 5.41) is 18.4. The van der Waals surface area contributed by atoms with Crippen molar-refractivity contribution in [2.75, 3.05) is 37.4 Å². The van der Waals surface area contributed by atoms with E-state index in [1.165, 1.54) is 0 Å². The van der Waals surface area contributed by atoms with Crippen LogP contribution in [0.15, 0.2) is 48.5 Å². The molecule has 3 rings (SSSR count). The van der Waals surface area contributed by atoms with Gasteiger partial charge in [0, 0.05) is 24.7 Å². The van der Waals surface area contributed by atoms with Crippen LogP contribution in [0.1, 0.15) is 24.2 Å². The Balaban J connectivity index is 1.95. The van der Waals surface area contributed by atoms with Crippen LogP contribution >= 0.6 is 0 Å². The highest BCUT2D eigenvalue weighted by Gasteiger charge is 2.33. The van der Waals surface area contributed by atoms with Crippen LogP contribution in [0.4, 0.5) is 16.2 Å². The standard InChI is InChI=1S/C23H30N4O4/c1-15-13-27(16(2)14-28)22(29)18-10-7-11-19(21(18)31-20(15)12-24-3)26-23(30)25-17-8-5-4-6-9-17/h4-11,15-16,20,24,28H,12-14H2,1-3H3,(H2,25,26,30)/t15-,16+,20+/m1/s1. The smallest absolute Gasteiger partial charge is 0.323 e. The van der Waals surface area contributed by atoms with Crippen molar-refractivity contribution in [2.24, 2.45) is 5.92 Å². The number of nitrogens with one attached hydrogen (secondary N) is 3. The average Bonchev–Trinajstić information content (AvgIpc) is 2.76. The van der Waals surface area contributed by atoms with Crippen molar-refractivity contribution in [1.82, 2.24) is 10.2 Å². The molecular formula is C23H30N4O4. The number of hydrogen-bond donors (Lipinski definition) is 4. The molecule has 166 valence electrons. The summed E-state index contributed by atoms with van der Waals surface area (Å²) in [6.45, 7) is 4.72. The summed E-state index contributed by atoms with van der Waals surface area (Å²) in [4.78, 5) is 27.6. The number of ether oxygens (including phenoxy) is 1. The number of carbonyl (C=O) groups is 2. The Kier molecular flexibility index (Phi) is 7.49. The average molecular weight is 427 g/mol. The van der Waals surface area contributed by atoms with E-state index >= 15 is 0 Å². The highest BCUT2D eigenvalue weighted by Crippen LogP contribution is 2.34. The predicted molar refractivity (Wildman–Crippen MR) is 121 cm³/mol. The van der Waals surface area contributed by atoms with Gasteiger partial charge < -0.3 is 30.7 Å². The maximum Gasteiger partial charge on any atom is 0.323 e. The van der Waals surface area contributed by atoms with Gasteiger partial charge in [-0.2, -0.15) is 0 Å². The lowest BCUT2D eigenvalue weighted by Gasteiger charge is -2.37. The highest BCUT2D eigenvalue weighted by molar-refractivity contribution is 6.04. The van der Waals surface area contributed by atoms with Crippen molar-refractivity contribution >= 4 is 23.3 Å². The van der Waals surface area contributed by atoms with Gasteiger partial charge in [0.2, 0.25) is 0 Å². The second kappa shape index (κ2) is 10.3. The lowest BCUT2D eigenvalue weighted by atomic mass is 9.99. The Labute approximate surface area is 182 Å². The molecule has 0 fully saturated rings. The number of anilines is 2. The van der Waals surface area contributed by atoms with Gasteiger partial charge in [-0.05, 0) is 38.2 Å². The molecule has 0 bridgehead atoms. The third kappa shape index (κ3) is 5.34. The Morgan fingerprint density at radius 1 is 1.19 bits per heavy atom. The number of fused-ring (bicyclic) bond motifs is 1. The highest BCUT2D eigenvalue weighted by atomic mass is 16.5. The van der Waals surface area contributed by atoms with E-state index in [2.05, 4.69) is 16.0 Å². The van der Waals surface area contributed by atoms with Crippen molar-refractivity contribution in [1.29, 1.82) is 0 Å². The topological polar surface area (TPSA) is 103 Å². The third-order valence-corrected chi connectivity index (χ3v) is 5.38. The van der Waals surface area contributed by atoms with Crippen molar-refractivity contribution in [3.05, 3.63) is 54.1 Å². The summed E-state index contributed by atoms with van der Waals surface area (Å²) in [5.74, 6) is 0.0980. The van der Waals surface area contributed by atoms with E-state index in [1.807, 2.05) is 39.1 Å². The van der Waals surface area contributed by atoms with Gasteiger partial charge in [-0.15, -0.1) is 0 Å². The number of aliphatic hydroxyl groups is 1. The summed E-state index contributed by atoms with van der Waals surface area (Å²) in [6.07, 6.45) is -0.231. The van der Waals surface area contributed by atoms with Crippen LogP contribution in [0.3, 0.4) is 0 Å². The minimum atomic E-state index is -0.434. The number of carbonyl (C=O) groups excluding carboxylic acids is 2. The molecule has 1 heterocycles. The largest absolute Gasteiger partial charge is 0.486 e. The van der Waals surface area contributed by atoms with Gasteiger partial charge in [-0.1, -0.05) is 31.2 Å². The zero-order chi connectivity index (χ0) is 22.4. The molecule has 0 saturated heterocycles. The first-order valence-corrected chi connectivity index (χ1v) is 10.4. The van der Waals surface area contributed by atoms with E-state index in [0.717, 1.165) is 0 Å². The lowest BCUT2D eigenvalue weighted by Crippen LogP contribution is -2.49. The van der Waals surface area contributed by atoms with Crippen LogP contribution in [0, 0.1) is 5.92 Å². The van der Waals surface area contributed by atoms with Gasteiger partial charge in [0.05, 0.1) is 23.9 Å². The molecule has 0 aromatic heterocycles.